The molecule has 0 aliphatic carbocycles. The monoisotopic (exact) mass is 242 g/mol. The van der Waals surface area contributed by atoms with Crippen LogP contribution in [0.2, 0.25) is 5.02 Å². The Morgan fingerprint density at radius 1 is 1.40 bits per heavy atom. The van der Waals surface area contributed by atoms with Gasteiger partial charge in [-0.05, 0) is 43.8 Å². The summed E-state index contributed by atoms with van der Waals surface area (Å²) >= 11 is 10.9. The van der Waals surface area contributed by atoms with Crippen molar-refractivity contribution in [3.8, 4) is 0 Å². The highest BCUT2D eigenvalue weighted by Gasteiger charge is 2.05. The van der Waals surface area contributed by atoms with Crippen LogP contribution in [0.1, 0.15) is 25.5 Å². The summed E-state index contributed by atoms with van der Waals surface area (Å²) in [5, 5.41) is 7.68. The molecule has 82 valence electrons. The average molecular weight is 243 g/mol. The van der Waals surface area contributed by atoms with Crippen molar-refractivity contribution in [2.45, 2.75) is 19.9 Å². The number of hydrogen-bond donors (Lipinski definition) is 2. The van der Waals surface area contributed by atoms with Crippen LogP contribution in [0.15, 0.2) is 24.3 Å². The number of nitrogens with one attached hydrogen (secondary N) is 2. The molecule has 0 saturated heterocycles. The molecule has 15 heavy (non-hydrogen) atoms. The van der Waals surface area contributed by atoms with Gasteiger partial charge in [-0.25, -0.2) is 0 Å². The van der Waals surface area contributed by atoms with E-state index in [0.717, 1.165) is 11.6 Å². The molecule has 0 aliphatic heterocycles. The zero-order valence-electron chi connectivity index (χ0n) is 8.88. The lowest BCUT2D eigenvalue weighted by Crippen LogP contribution is -2.36. The Labute approximate surface area is 101 Å². The van der Waals surface area contributed by atoms with E-state index in [9.17, 15) is 0 Å². The van der Waals surface area contributed by atoms with Crippen LogP contribution >= 0.6 is 23.8 Å². The Balaban J connectivity index is 2.57. The van der Waals surface area contributed by atoms with Crippen molar-refractivity contribution in [1.82, 2.24) is 10.6 Å². The maximum absolute atomic E-state index is 5.81. The first-order valence-corrected chi connectivity index (χ1v) is 5.72. The highest BCUT2D eigenvalue weighted by molar-refractivity contribution is 7.80. The number of halogens is 1. The van der Waals surface area contributed by atoms with E-state index in [1.807, 2.05) is 31.2 Å². The SMILES string of the molecule is CCNC(=S)N[C@H](C)c1ccc(Cl)cc1. The van der Waals surface area contributed by atoms with Gasteiger partial charge in [0, 0.05) is 11.6 Å². The molecule has 0 fully saturated rings. The lowest BCUT2D eigenvalue weighted by molar-refractivity contribution is 0.702. The van der Waals surface area contributed by atoms with Crippen molar-refractivity contribution in [2.75, 3.05) is 6.54 Å². The van der Waals surface area contributed by atoms with Gasteiger partial charge in [0.1, 0.15) is 0 Å². The predicted octanol–water partition coefficient (Wildman–Crippen LogP) is 2.89. The highest BCUT2D eigenvalue weighted by Crippen LogP contribution is 2.15. The van der Waals surface area contributed by atoms with E-state index in [1.54, 1.807) is 0 Å². The predicted molar refractivity (Wildman–Crippen MR) is 69.3 cm³/mol. The smallest absolute Gasteiger partial charge is 0.166 e. The van der Waals surface area contributed by atoms with Gasteiger partial charge in [0.15, 0.2) is 5.11 Å². The van der Waals surface area contributed by atoms with Gasteiger partial charge in [-0.15, -0.1) is 0 Å². The van der Waals surface area contributed by atoms with Gasteiger partial charge >= 0.3 is 0 Å². The van der Waals surface area contributed by atoms with Gasteiger partial charge in [-0.2, -0.15) is 0 Å². The standard InChI is InChI=1S/C11H15ClN2S/c1-3-13-11(15)14-8(2)9-4-6-10(12)7-5-9/h4-8H,3H2,1-2H3,(H2,13,14,15)/t8-/m1/s1. The first-order chi connectivity index (χ1) is 7.13. The van der Waals surface area contributed by atoms with Crippen LogP contribution in [0.5, 0.6) is 0 Å². The van der Waals surface area contributed by atoms with E-state index < -0.39 is 0 Å². The van der Waals surface area contributed by atoms with E-state index in [0.29, 0.717) is 5.11 Å². The van der Waals surface area contributed by atoms with Crippen LogP contribution < -0.4 is 10.6 Å². The Bertz CT molecular complexity index is 324. The van der Waals surface area contributed by atoms with E-state index in [-0.39, 0.29) is 6.04 Å². The van der Waals surface area contributed by atoms with Crippen LogP contribution in [0, 0.1) is 0 Å². The third-order valence-electron chi connectivity index (χ3n) is 2.05. The summed E-state index contributed by atoms with van der Waals surface area (Å²) in [6, 6.07) is 7.94. The minimum atomic E-state index is 0.189. The van der Waals surface area contributed by atoms with Crippen molar-refractivity contribution in [3.63, 3.8) is 0 Å². The van der Waals surface area contributed by atoms with Crippen molar-refractivity contribution in [2.24, 2.45) is 0 Å². The van der Waals surface area contributed by atoms with Gasteiger partial charge in [-0.1, -0.05) is 23.7 Å². The minimum absolute atomic E-state index is 0.189. The maximum Gasteiger partial charge on any atom is 0.166 e. The summed E-state index contributed by atoms with van der Waals surface area (Å²) in [6.07, 6.45) is 0. The lowest BCUT2D eigenvalue weighted by atomic mass is 10.1. The Morgan fingerprint density at radius 2 is 2.00 bits per heavy atom. The molecular weight excluding hydrogens is 228 g/mol. The largest absolute Gasteiger partial charge is 0.363 e. The zero-order chi connectivity index (χ0) is 11.3. The molecule has 0 spiro atoms. The van der Waals surface area contributed by atoms with Crippen LogP contribution in [0.25, 0.3) is 0 Å². The summed E-state index contributed by atoms with van der Waals surface area (Å²) in [7, 11) is 0. The molecule has 0 unspecified atom stereocenters. The number of rotatable bonds is 3. The van der Waals surface area contributed by atoms with E-state index in [2.05, 4.69) is 17.6 Å². The second-order valence-corrected chi connectivity index (χ2v) is 4.12. The quantitative estimate of drug-likeness (QED) is 0.798. The molecule has 1 aromatic rings. The second kappa shape index (κ2) is 5.93. The van der Waals surface area contributed by atoms with Gasteiger partial charge < -0.3 is 10.6 Å². The van der Waals surface area contributed by atoms with E-state index in [4.69, 9.17) is 23.8 Å². The number of hydrogen-bond acceptors (Lipinski definition) is 1. The molecular formula is C11H15ClN2S. The molecule has 0 radical (unpaired) electrons. The molecule has 0 amide bonds. The molecule has 0 saturated carbocycles. The zero-order valence-corrected chi connectivity index (χ0v) is 10.5. The van der Waals surface area contributed by atoms with E-state index in [1.165, 1.54) is 5.56 Å². The fraction of sp³-hybridized carbons (Fsp3) is 0.364. The number of benzene rings is 1. The summed E-state index contributed by atoms with van der Waals surface area (Å²) < 4.78 is 0. The third-order valence-corrected chi connectivity index (χ3v) is 2.57. The molecule has 4 heteroatoms. The molecule has 1 rings (SSSR count). The second-order valence-electron chi connectivity index (χ2n) is 3.28. The van der Waals surface area contributed by atoms with Gasteiger partial charge in [0.25, 0.3) is 0 Å². The van der Waals surface area contributed by atoms with Crippen LogP contribution in [-0.2, 0) is 0 Å². The fourth-order valence-electron chi connectivity index (χ4n) is 1.24. The van der Waals surface area contributed by atoms with Gasteiger partial charge in [-0.3, -0.25) is 0 Å². The molecule has 2 N–H and O–H groups in total. The van der Waals surface area contributed by atoms with Crippen LogP contribution in [0.3, 0.4) is 0 Å². The topological polar surface area (TPSA) is 24.1 Å². The first kappa shape index (κ1) is 12.3. The summed E-state index contributed by atoms with van der Waals surface area (Å²) in [5.74, 6) is 0. The first-order valence-electron chi connectivity index (χ1n) is 4.93. The maximum atomic E-state index is 5.81. The minimum Gasteiger partial charge on any atom is -0.363 e. The molecule has 1 atom stereocenters. The summed E-state index contributed by atoms with van der Waals surface area (Å²) in [4.78, 5) is 0. The Hall–Kier alpha value is -0.800. The van der Waals surface area contributed by atoms with Crippen molar-refractivity contribution >= 4 is 28.9 Å². The van der Waals surface area contributed by atoms with E-state index >= 15 is 0 Å². The lowest BCUT2D eigenvalue weighted by Gasteiger charge is -2.16. The Kier molecular flexibility index (Phi) is 4.85. The van der Waals surface area contributed by atoms with Crippen LogP contribution in [0.4, 0.5) is 0 Å². The Morgan fingerprint density at radius 3 is 2.53 bits per heavy atom. The number of thiocarbonyl (C=S) groups is 1. The molecule has 0 heterocycles. The fourth-order valence-corrected chi connectivity index (χ4v) is 1.69. The average Bonchev–Trinajstić information content (AvgIpc) is 2.18. The van der Waals surface area contributed by atoms with Gasteiger partial charge in [0.05, 0.1) is 6.04 Å². The normalized spacial score (nSPS) is 11.9. The van der Waals surface area contributed by atoms with Gasteiger partial charge in [0.2, 0.25) is 0 Å². The van der Waals surface area contributed by atoms with Crippen molar-refractivity contribution in [1.29, 1.82) is 0 Å². The molecule has 0 aromatic heterocycles. The van der Waals surface area contributed by atoms with Crippen molar-refractivity contribution < 1.29 is 0 Å². The molecule has 0 aliphatic rings. The van der Waals surface area contributed by atoms with Crippen molar-refractivity contribution in [3.05, 3.63) is 34.9 Å². The molecule has 0 bridgehead atoms. The van der Waals surface area contributed by atoms with Crippen LogP contribution in [-0.4, -0.2) is 11.7 Å². The molecule has 1 aromatic carbocycles. The third kappa shape index (κ3) is 4.06. The summed E-state index contributed by atoms with van der Waals surface area (Å²) in [5.41, 5.74) is 1.17. The summed E-state index contributed by atoms with van der Waals surface area (Å²) in [6.45, 7) is 4.91. The molecule has 2 nitrogen and oxygen atoms in total. The highest BCUT2D eigenvalue weighted by atomic mass is 35.5.